The van der Waals surface area contributed by atoms with Crippen LogP contribution in [-0.2, 0) is 0 Å². The number of hydrazine groups is 1. The number of aromatic nitrogens is 2. The fourth-order valence-corrected chi connectivity index (χ4v) is 3.88. The highest BCUT2D eigenvalue weighted by Crippen LogP contribution is 2.28. The van der Waals surface area contributed by atoms with Crippen molar-refractivity contribution in [1.82, 2.24) is 20.1 Å². The van der Waals surface area contributed by atoms with Gasteiger partial charge in [0.1, 0.15) is 12.4 Å². The third kappa shape index (κ3) is 5.48. The van der Waals surface area contributed by atoms with E-state index in [1.807, 2.05) is 48.5 Å². The molecule has 0 saturated heterocycles. The zero-order chi connectivity index (χ0) is 23.0. The maximum Gasteiger partial charge on any atom is 0.265 e. The molecule has 0 aliphatic rings. The van der Waals surface area contributed by atoms with Gasteiger partial charge in [-0.3, -0.25) is 19.9 Å². The summed E-state index contributed by atoms with van der Waals surface area (Å²) in [6, 6.07) is 19.6. The lowest BCUT2D eigenvalue weighted by molar-refractivity contribution is 0.0955. The Morgan fingerprint density at radius 2 is 1.73 bits per heavy atom. The van der Waals surface area contributed by atoms with Crippen molar-refractivity contribution in [3.05, 3.63) is 78.6 Å². The molecule has 0 radical (unpaired) electrons. The van der Waals surface area contributed by atoms with Gasteiger partial charge in [0.2, 0.25) is 0 Å². The van der Waals surface area contributed by atoms with Crippen molar-refractivity contribution in [3.8, 4) is 28.1 Å². The molecular formula is C25H25N5O2S. The summed E-state index contributed by atoms with van der Waals surface area (Å²) in [6.07, 6.45) is 3.27. The van der Waals surface area contributed by atoms with Crippen LogP contribution >= 0.6 is 11.9 Å². The lowest BCUT2D eigenvalue weighted by Gasteiger charge is -2.10. The molecule has 0 unspecified atom stereocenters. The van der Waals surface area contributed by atoms with Gasteiger partial charge in [0.25, 0.3) is 5.91 Å². The number of nitrogens with two attached hydrogens (primary N) is 1. The van der Waals surface area contributed by atoms with E-state index in [0.717, 1.165) is 34.7 Å². The highest BCUT2D eigenvalue weighted by atomic mass is 32.2. The number of fused-ring (bicyclic) bond motifs is 1. The Bertz CT molecular complexity index is 1230. The van der Waals surface area contributed by atoms with Gasteiger partial charge >= 0.3 is 0 Å². The number of carbonyl (C=O) groups excluding carboxylic acids is 1. The predicted molar refractivity (Wildman–Crippen MR) is 134 cm³/mol. The van der Waals surface area contributed by atoms with E-state index in [-0.39, 0.29) is 5.91 Å². The van der Waals surface area contributed by atoms with Gasteiger partial charge in [-0.25, -0.2) is 10.8 Å². The predicted octanol–water partition coefficient (Wildman–Crippen LogP) is 4.20. The van der Waals surface area contributed by atoms with Crippen LogP contribution in [0, 0.1) is 0 Å². The molecule has 168 valence electrons. The van der Waals surface area contributed by atoms with Crippen molar-refractivity contribution in [3.63, 3.8) is 0 Å². The third-order valence-corrected chi connectivity index (χ3v) is 5.77. The maximum atomic E-state index is 12.3. The Kier molecular flexibility index (Phi) is 7.51. The number of nitrogens with zero attached hydrogens (tertiary/aromatic N) is 2. The standard InChI is InChI=1S/C25H25N5O2S/c1-2-33-28-13-14-32-20-9-7-18(8-10-20)17-3-5-19(6-4-17)24-15-21(25(31)30-26)22-16-27-12-11-23(22)29-24/h3-12,15-16,28H,2,13-14,26H2,1H3,(H,30,31). The number of pyridine rings is 2. The van der Waals surface area contributed by atoms with E-state index in [1.54, 1.807) is 36.5 Å². The fourth-order valence-electron chi connectivity index (χ4n) is 3.44. The van der Waals surface area contributed by atoms with Crippen molar-refractivity contribution in [2.45, 2.75) is 6.92 Å². The van der Waals surface area contributed by atoms with Gasteiger partial charge in [-0.15, -0.1) is 0 Å². The van der Waals surface area contributed by atoms with Gasteiger partial charge in [-0.2, -0.15) is 0 Å². The number of benzene rings is 2. The molecule has 0 bridgehead atoms. The molecule has 2 aromatic carbocycles. The van der Waals surface area contributed by atoms with Gasteiger partial charge in [-0.05, 0) is 35.4 Å². The zero-order valence-corrected chi connectivity index (χ0v) is 19.1. The van der Waals surface area contributed by atoms with Crippen molar-refractivity contribution in [1.29, 1.82) is 0 Å². The first kappa shape index (κ1) is 22.7. The van der Waals surface area contributed by atoms with Crippen LogP contribution < -0.4 is 20.7 Å². The summed E-state index contributed by atoms with van der Waals surface area (Å²) in [5.41, 5.74) is 7.09. The van der Waals surface area contributed by atoms with Crippen LogP contribution in [0.4, 0.5) is 0 Å². The van der Waals surface area contributed by atoms with Gasteiger partial charge in [0.15, 0.2) is 0 Å². The smallest absolute Gasteiger partial charge is 0.265 e. The quantitative estimate of drug-likeness (QED) is 0.113. The van der Waals surface area contributed by atoms with Gasteiger partial charge in [0.05, 0.1) is 16.8 Å². The number of nitrogen functional groups attached to an aromatic ring is 1. The van der Waals surface area contributed by atoms with Crippen LogP contribution in [0.3, 0.4) is 0 Å². The minimum absolute atomic E-state index is 0.379. The van der Waals surface area contributed by atoms with E-state index < -0.39 is 0 Å². The van der Waals surface area contributed by atoms with Crippen LogP contribution in [0.15, 0.2) is 73.1 Å². The zero-order valence-electron chi connectivity index (χ0n) is 18.2. The number of carbonyl (C=O) groups is 1. The molecule has 33 heavy (non-hydrogen) atoms. The van der Waals surface area contributed by atoms with Gasteiger partial charge in [0, 0.05) is 35.6 Å². The maximum absolute atomic E-state index is 12.3. The van der Waals surface area contributed by atoms with Crippen LogP contribution in [0.5, 0.6) is 5.75 Å². The normalized spacial score (nSPS) is 10.8. The molecule has 4 aromatic rings. The van der Waals surface area contributed by atoms with Gasteiger partial charge < -0.3 is 4.74 Å². The van der Waals surface area contributed by atoms with E-state index in [4.69, 9.17) is 15.6 Å². The number of amides is 1. The number of rotatable bonds is 9. The van der Waals surface area contributed by atoms with Crippen molar-refractivity contribution in [2.75, 3.05) is 18.9 Å². The molecule has 2 aromatic heterocycles. The average molecular weight is 460 g/mol. The highest BCUT2D eigenvalue weighted by Gasteiger charge is 2.13. The molecule has 1 amide bonds. The Morgan fingerprint density at radius 3 is 2.42 bits per heavy atom. The minimum Gasteiger partial charge on any atom is -0.492 e. The summed E-state index contributed by atoms with van der Waals surface area (Å²) >= 11 is 1.68. The van der Waals surface area contributed by atoms with Crippen LogP contribution in [0.1, 0.15) is 17.3 Å². The summed E-state index contributed by atoms with van der Waals surface area (Å²) in [5.74, 6) is 6.87. The summed E-state index contributed by atoms with van der Waals surface area (Å²) in [4.78, 5) is 21.1. The molecule has 0 spiro atoms. The van der Waals surface area contributed by atoms with E-state index in [1.165, 1.54) is 0 Å². The molecule has 7 nitrogen and oxygen atoms in total. The van der Waals surface area contributed by atoms with Crippen molar-refractivity contribution < 1.29 is 9.53 Å². The average Bonchev–Trinajstić information content (AvgIpc) is 2.88. The minimum atomic E-state index is -0.379. The first-order chi connectivity index (χ1) is 16.2. The first-order valence-corrected chi connectivity index (χ1v) is 11.6. The molecule has 4 N–H and O–H groups in total. The fraction of sp³-hybridized carbons (Fsp3) is 0.160. The van der Waals surface area contributed by atoms with Crippen LogP contribution in [0.2, 0.25) is 0 Å². The largest absolute Gasteiger partial charge is 0.492 e. The van der Waals surface area contributed by atoms with Crippen molar-refractivity contribution >= 4 is 28.8 Å². The summed E-state index contributed by atoms with van der Waals surface area (Å²) in [7, 11) is 0. The van der Waals surface area contributed by atoms with Crippen molar-refractivity contribution in [2.24, 2.45) is 5.84 Å². The number of ether oxygens (including phenoxy) is 1. The monoisotopic (exact) mass is 459 g/mol. The lowest BCUT2D eigenvalue weighted by atomic mass is 10.0. The molecule has 0 fully saturated rings. The number of nitrogens with one attached hydrogen (secondary N) is 2. The van der Waals surface area contributed by atoms with E-state index in [9.17, 15) is 4.79 Å². The van der Waals surface area contributed by atoms with E-state index in [0.29, 0.717) is 28.8 Å². The first-order valence-electron chi connectivity index (χ1n) is 10.6. The Morgan fingerprint density at radius 1 is 1.03 bits per heavy atom. The third-order valence-electron chi connectivity index (χ3n) is 5.07. The summed E-state index contributed by atoms with van der Waals surface area (Å²) in [5, 5.41) is 0.656. The highest BCUT2D eigenvalue weighted by molar-refractivity contribution is 7.97. The molecular weight excluding hydrogens is 434 g/mol. The summed E-state index contributed by atoms with van der Waals surface area (Å²) in [6.45, 7) is 3.53. The Labute approximate surface area is 196 Å². The number of hydrogen-bond acceptors (Lipinski definition) is 7. The molecule has 0 saturated carbocycles. The molecule has 2 heterocycles. The Hall–Kier alpha value is -3.46. The molecule has 0 atom stereocenters. The van der Waals surface area contributed by atoms with Crippen LogP contribution in [0.25, 0.3) is 33.3 Å². The molecule has 0 aliphatic heterocycles. The lowest BCUT2D eigenvalue weighted by Crippen LogP contribution is -2.30. The topological polar surface area (TPSA) is 102 Å². The molecule has 8 heteroatoms. The molecule has 0 aliphatic carbocycles. The van der Waals surface area contributed by atoms with E-state index >= 15 is 0 Å². The second-order valence-electron chi connectivity index (χ2n) is 7.20. The van der Waals surface area contributed by atoms with E-state index in [2.05, 4.69) is 22.1 Å². The number of hydrogen-bond donors (Lipinski definition) is 3. The second-order valence-corrected chi connectivity index (χ2v) is 8.35. The summed E-state index contributed by atoms with van der Waals surface area (Å²) < 4.78 is 9.00. The molecule has 4 rings (SSSR count). The van der Waals surface area contributed by atoms with Crippen LogP contribution in [-0.4, -0.2) is 34.8 Å². The Balaban J connectivity index is 1.52. The second kappa shape index (κ2) is 10.9. The van der Waals surface area contributed by atoms with Gasteiger partial charge in [-0.1, -0.05) is 55.3 Å². The SMILES string of the molecule is CCSNCCOc1ccc(-c2ccc(-c3cc(C(=O)NN)c4cnccc4n3)cc2)cc1.